The van der Waals surface area contributed by atoms with Gasteiger partial charge < -0.3 is 10.6 Å². The predicted octanol–water partition coefficient (Wildman–Crippen LogP) is 4.51. The summed E-state index contributed by atoms with van der Waals surface area (Å²) in [5.41, 5.74) is 5.36. The molecule has 2 N–H and O–H groups in total. The van der Waals surface area contributed by atoms with Crippen LogP contribution in [0.25, 0.3) is 0 Å². The van der Waals surface area contributed by atoms with Crippen LogP contribution in [-0.4, -0.2) is 10.9 Å². The van der Waals surface area contributed by atoms with Crippen LogP contribution in [0, 0.1) is 19.7 Å². The van der Waals surface area contributed by atoms with Crippen LogP contribution >= 0.6 is 0 Å². The van der Waals surface area contributed by atoms with E-state index in [4.69, 9.17) is 0 Å². The Kier molecular flexibility index (Phi) is 5.27. The molecule has 2 aromatic carbocycles. The Labute approximate surface area is 152 Å². The molecule has 3 aromatic rings. The average molecular weight is 349 g/mol. The quantitative estimate of drug-likeness (QED) is 0.712. The molecule has 1 amide bonds. The second-order valence-electron chi connectivity index (χ2n) is 6.14. The summed E-state index contributed by atoms with van der Waals surface area (Å²) in [4.78, 5) is 16.5. The number of nitrogens with one attached hydrogen (secondary N) is 2. The van der Waals surface area contributed by atoms with E-state index in [9.17, 15) is 9.18 Å². The van der Waals surface area contributed by atoms with Crippen molar-refractivity contribution < 1.29 is 9.18 Å². The van der Waals surface area contributed by atoms with Crippen molar-refractivity contribution in [1.82, 2.24) is 10.3 Å². The highest BCUT2D eigenvalue weighted by Crippen LogP contribution is 2.22. The van der Waals surface area contributed by atoms with Crippen molar-refractivity contribution in [2.24, 2.45) is 0 Å². The summed E-state index contributed by atoms with van der Waals surface area (Å²) in [6, 6.07) is 13.8. The first kappa shape index (κ1) is 17.6. The summed E-state index contributed by atoms with van der Waals surface area (Å²) in [7, 11) is 0. The van der Waals surface area contributed by atoms with Crippen molar-refractivity contribution in [3.05, 3.63) is 89.0 Å². The largest absolute Gasteiger partial charge is 0.354 e. The molecule has 0 radical (unpaired) electrons. The first-order chi connectivity index (χ1) is 12.5. The van der Waals surface area contributed by atoms with E-state index >= 15 is 0 Å². The van der Waals surface area contributed by atoms with Gasteiger partial charge >= 0.3 is 0 Å². The number of pyridine rings is 1. The predicted molar refractivity (Wildman–Crippen MR) is 101 cm³/mol. The molecule has 0 unspecified atom stereocenters. The van der Waals surface area contributed by atoms with Crippen molar-refractivity contribution >= 4 is 17.3 Å². The van der Waals surface area contributed by atoms with Gasteiger partial charge in [-0.25, -0.2) is 4.39 Å². The van der Waals surface area contributed by atoms with E-state index in [1.807, 2.05) is 19.1 Å². The molecule has 1 heterocycles. The lowest BCUT2D eigenvalue weighted by Gasteiger charge is -2.12. The van der Waals surface area contributed by atoms with Crippen LogP contribution in [-0.2, 0) is 6.54 Å². The smallest absolute Gasteiger partial charge is 0.253 e. The van der Waals surface area contributed by atoms with Gasteiger partial charge in [0.2, 0.25) is 0 Å². The lowest BCUT2D eigenvalue weighted by molar-refractivity contribution is 0.0950. The van der Waals surface area contributed by atoms with Gasteiger partial charge in [-0.2, -0.15) is 0 Å². The molecule has 0 fully saturated rings. The Morgan fingerprint density at radius 1 is 1.08 bits per heavy atom. The molecule has 0 aliphatic carbocycles. The molecule has 0 saturated heterocycles. The number of nitrogens with zero attached hydrogens (tertiary/aromatic N) is 1. The van der Waals surface area contributed by atoms with Gasteiger partial charge in [-0.15, -0.1) is 0 Å². The van der Waals surface area contributed by atoms with Gasteiger partial charge in [0.25, 0.3) is 5.91 Å². The van der Waals surface area contributed by atoms with E-state index in [0.29, 0.717) is 12.1 Å². The minimum Gasteiger partial charge on any atom is -0.354 e. The Bertz CT molecular complexity index is 923. The topological polar surface area (TPSA) is 54.0 Å². The molecule has 0 aliphatic heterocycles. The van der Waals surface area contributed by atoms with E-state index in [0.717, 1.165) is 22.5 Å². The number of anilines is 2. The molecular formula is C21H20FN3O. The van der Waals surface area contributed by atoms with Crippen molar-refractivity contribution in [3.8, 4) is 0 Å². The fourth-order valence-corrected chi connectivity index (χ4v) is 2.56. The lowest BCUT2D eigenvalue weighted by atomic mass is 10.1. The standard InChI is InChI=1S/C21H20FN3O/c1-14-4-3-5-20(15(14)2)25-19-10-17(12-23-13-19)21(26)24-11-16-6-8-18(22)9-7-16/h3-10,12-13,25H,11H2,1-2H3,(H,24,26). The highest BCUT2D eigenvalue weighted by atomic mass is 19.1. The molecule has 5 heteroatoms. The molecule has 0 bridgehead atoms. The third kappa shape index (κ3) is 4.25. The Morgan fingerprint density at radius 2 is 1.85 bits per heavy atom. The maximum Gasteiger partial charge on any atom is 0.253 e. The summed E-state index contributed by atoms with van der Waals surface area (Å²) in [6.07, 6.45) is 3.20. The molecule has 0 aliphatic rings. The number of hydrogen-bond donors (Lipinski definition) is 2. The first-order valence-electron chi connectivity index (χ1n) is 8.34. The molecule has 1 aromatic heterocycles. The molecule has 0 spiro atoms. The van der Waals surface area contributed by atoms with E-state index in [1.54, 1.807) is 24.4 Å². The Morgan fingerprint density at radius 3 is 2.62 bits per heavy atom. The number of aryl methyl sites for hydroxylation is 1. The van der Waals surface area contributed by atoms with Crippen LogP contribution in [0.3, 0.4) is 0 Å². The summed E-state index contributed by atoms with van der Waals surface area (Å²) in [6.45, 7) is 4.43. The monoisotopic (exact) mass is 349 g/mol. The summed E-state index contributed by atoms with van der Waals surface area (Å²) in [5, 5.41) is 6.12. The van der Waals surface area contributed by atoms with E-state index in [2.05, 4.69) is 28.6 Å². The first-order valence-corrected chi connectivity index (χ1v) is 8.34. The van der Waals surface area contributed by atoms with E-state index in [-0.39, 0.29) is 11.7 Å². The van der Waals surface area contributed by atoms with Gasteiger partial charge in [0.15, 0.2) is 0 Å². The lowest BCUT2D eigenvalue weighted by Crippen LogP contribution is -2.23. The van der Waals surface area contributed by atoms with Crippen LogP contribution in [0.4, 0.5) is 15.8 Å². The van der Waals surface area contributed by atoms with Gasteiger partial charge in [0, 0.05) is 18.4 Å². The van der Waals surface area contributed by atoms with Gasteiger partial charge in [0.05, 0.1) is 17.4 Å². The number of aromatic nitrogens is 1. The van der Waals surface area contributed by atoms with Gasteiger partial charge in [-0.1, -0.05) is 24.3 Å². The third-order valence-electron chi connectivity index (χ3n) is 4.25. The third-order valence-corrected chi connectivity index (χ3v) is 4.25. The van der Waals surface area contributed by atoms with Crippen LogP contribution in [0.1, 0.15) is 27.0 Å². The maximum atomic E-state index is 12.9. The van der Waals surface area contributed by atoms with E-state index < -0.39 is 0 Å². The molecule has 0 atom stereocenters. The number of benzene rings is 2. The molecule has 3 rings (SSSR count). The molecule has 132 valence electrons. The Balaban J connectivity index is 1.69. The summed E-state index contributed by atoms with van der Waals surface area (Å²) >= 11 is 0. The molecule has 4 nitrogen and oxygen atoms in total. The van der Waals surface area contributed by atoms with Gasteiger partial charge in [0.1, 0.15) is 5.82 Å². The van der Waals surface area contributed by atoms with Crippen molar-refractivity contribution in [2.45, 2.75) is 20.4 Å². The number of hydrogen-bond acceptors (Lipinski definition) is 3. The summed E-state index contributed by atoms with van der Waals surface area (Å²) in [5.74, 6) is -0.527. The number of carbonyl (C=O) groups excluding carboxylic acids is 1. The van der Waals surface area contributed by atoms with Crippen molar-refractivity contribution in [2.75, 3.05) is 5.32 Å². The van der Waals surface area contributed by atoms with Crippen LogP contribution < -0.4 is 10.6 Å². The molecule has 26 heavy (non-hydrogen) atoms. The summed E-state index contributed by atoms with van der Waals surface area (Å²) < 4.78 is 12.9. The van der Waals surface area contributed by atoms with Gasteiger partial charge in [-0.3, -0.25) is 9.78 Å². The van der Waals surface area contributed by atoms with Gasteiger partial charge in [-0.05, 0) is 54.8 Å². The Hall–Kier alpha value is -3.21. The SMILES string of the molecule is Cc1cccc(Nc2cncc(C(=O)NCc3ccc(F)cc3)c2)c1C. The normalized spacial score (nSPS) is 10.4. The van der Waals surface area contributed by atoms with Crippen LogP contribution in [0.15, 0.2) is 60.9 Å². The minimum absolute atomic E-state index is 0.230. The average Bonchev–Trinajstić information content (AvgIpc) is 2.65. The van der Waals surface area contributed by atoms with Crippen molar-refractivity contribution in [3.63, 3.8) is 0 Å². The minimum atomic E-state index is -0.297. The number of halogens is 1. The number of amides is 1. The zero-order chi connectivity index (χ0) is 18.5. The fraction of sp³-hybridized carbons (Fsp3) is 0.143. The highest BCUT2D eigenvalue weighted by molar-refractivity contribution is 5.94. The molecular weight excluding hydrogens is 329 g/mol. The van der Waals surface area contributed by atoms with E-state index in [1.165, 1.54) is 23.9 Å². The number of carbonyl (C=O) groups is 1. The zero-order valence-corrected chi connectivity index (χ0v) is 14.7. The second-order valence-corrected chi connectivity index (χ2v) is 6.14. The highest BCUT2D eigenvalue weighted by Gasteiger charge is 2.08. The van der Waals surface area contributed by atoms with Crippen LogP contribution in [0.2, 0.25) is 0 Å². The maximum absolute atomic E-state index is 12.9. The molecule has 0 saturated carbocycles. The van der Waals surface area contributed by atoms with Crippen LogP contribution in [0.5, 0.6) is 0 Å². The fourth-order valence-electron chi connectivity index (χ4n) is 2.56. The number of rotatable bonds is 5. The second kappa shape index (κ2) is 7.78. The zero-order valence-electron chi connectivity index (χ0n) is 14.7. The van der Waals surface area contributed by atoms with Crippen molar-refractivity contribution in [1.29, 1.82) is 0 Å².